The zero-order chi connectivity index (χ0) is 25.7. The number of ether oxygens (including phenoxy) is 1. The van der Waals surface area contributed by atoms with Gasteiger partial charge < -0.3 is 20.3 Å². The molecule has 0 spiro atoms. The minimum atomic E-state index is -0.924. The predicted octanol–water partition coefficient (Wildman–Crippen LogP) is 4.87. The van der Waals surface area contributed by atoms with Crippen molar-refractivity contribution in [2.45, 2.75) is 97.4 Å². The molecule has 192 valence electrons. The highest BCUT2D eigenvalue weighted by atomic mass is 32.1. The van der Waals surface area contributed by atoms with Crippen molar-refractivity contribution in [3.8, 4) is 0 Å². The van der Waals surface area contributed by atoms with E-state index in [2.05, 4.69) is 30.2 Å². The number of alkyl carbamates (subject to hydrolysis) is 1. The van der Waals surface area contributed by atoms with Gasteiger partial charge >= 0.3 is 6.09 Å². The molecule has 0 aromatic heterocycles. The summed E-state index contributed by atoms with van der Waals surface area (Å²) in [7, 11) is 0. The Labute approximate surface area is 210 Å². The summed E-state index contributed by atoms with van der Waals surface area (Å²) in [5, 5.41) is 5.59. The van der Waals surface area contributed by atoms with E-state index in [4.69, 9.17) is 4.74 Å². The SMILES string of the molecule is CCCCCCCN(C(=O)C(CS)NC(=O)OC(C)(C)C)C(C(=O)NC(C)C)c1ccccc1. The first-order valence-electron chi connectivity index (χ1n) is 12.3. The number of carbonyl (C=O) groups excluding carboxylic acids is 3. The zero-order valence-electron chi connectivity index (χ0n) is 21.6. The standard InChI is InChI=1S/C26H43N3O4S/c1-7-8-9-10-14-17-29(24(31)21(18-34)28-25(32)33-26(4,5)6)22(23(30)27-19(2)3)20-15-12-11-13-16-20/h11-13,15-16,19,21-22,34H,7-10,14,17-18H2,1-6H3,(H,27,30)(H,28,32). The molecule has 1 aromatic rings. The number of benzene rings is 1. The van der Waals surface area contributed by atoms with Crippen LogP contribution in [0.25, 0.3) is 0 Å². The Hall–Kier alpha value is -2.22. The molecule has 3 amide bonds. The van der Waals surface area contributed by atoms with Crippen LogP contribution in [0.1, 0.15) is 85.3 Å². The molecular formula is C26H43N3O4S. The van der Waals surface area contributed by atoms with E-state index in [1.165, 1.54) is 0 Å². The molecule has 0 radical (unpaired) electrons. The van der Waals surface area contributed by atoms with Crippen molar-refractivity contribution in [1.82, 2.24) is 15.5 Å². The summed E-state index contributed by atoms with van der Waals surface area (Å²) in [6, 6.07) is 7.45. The number of hydrogen-bond donors (Lipinski definition) is 3. The third-order valence-corrected chi connectivity index (χ3v) is 5.43. The van der Waals surface area contributed by atoms with Crippen LogP contribution < -0.4 is 10.6 Å². The van der Waals surface area contributed by atoms with Crippen LogP contribution in [0.4, 0.5) is 4.79 Å². The average Bonchev–Trinajstić information content (AvgIpc) is 2.75. The largest absolute Gasteiger partial charge is 0.444 e. The number of amides is 3. The lowest BCUT2D eigenvalue weighted by molar-refractivity contribution is -0.142. The second-order valence-electron chi connectivity index (χ2n) is 9.80. The van der Waals surface area contributed by atoms with E-state index in [-0.39, 0.29) is 23.6 Å². The summed E-state index contributed by atoms with van der Waals surface area (Å²) in [5.74, 6) is -0.528. The summed E-state index contributed by atoms with van der Waals surface area (Å²) >= 11 is 4.32. The molecular weight excluding hydrogens is 450 g/mol. The van der Waals surface area contributed by atoms with Crippen LogP contribution >= 0.6 is 12.6 Å². The highest BCUT2D eigenvalue weighted by Gasteiger charge is 2.35. The molecule has 34 heavy (non-hydrogen) atoms. The van der Waals surface area contributed by atoms with Gasteiger partial charge in [0.2, 0.25) is 11.8 Å². The number of nitrogens with one attached hydrogen (secondary N) is 2. The zero-order valence-corrected chi connectivity index (χ0v) is 22.5. The maximum absolute atomic E-state index is 13.7. The summed E-state index contributed by atoms with van der Waals surface area (Å²) in [4.78, 5) is 41.0. The average molecular weight is 494 g/mol. The lowest BCUT2D eigenvalue weighted by Gasteiger charge is -2.34. The molecule has 0 saturated heterocycles. The monoisotopic (exact) mass is 493 g/mol. The van der Waals surface area contributed by atoms with Crippen molar-refractivity contribution in [3.05, 3.63) is 35.9 Å². The van der Waals surface area contributed by atoms with Gasteiger partial charge in [-0.05, 0) is 46.6 Å². The van der Waals surface area contributed by atoms with Crippen molar-refractivity contribution in [1.29, 1.82) is 0 Å². The Morgan fingerprint density at radius 1 is 1.00 bits per heavy atom. The second kappa shape index (κ2) is 14.9. The van der Waals surface area contributed by atoms with Crippen LogP contribution in [-0.2, 0) is 14.3 Å². The number of carbonyl (C=O) groups is 3. The van der Waals surface area contributed by atoms with Gasteiger partial charge in [-0.15, -0.1) is 0 Å². The maximum Gasteiger partial charge on any atom is 0.408 e. The van der Waals surface area contributed by atoms with E-state index in [1.807, 2.05) is 44.2 Å². The van der Waals surface area contributed by atoms with E-state index < -0.39 is 23.8 Å². The molecule has 0 aliphatic carbocycles. The molecule has 2 unspecified atom stereocenters. The first-order valence-corrected chi connectivity index (χ1v) is 12.9. The summed E-state index contributed by atoms with van der Waals surface area (Å²) < 4.78 is 5.34. The fraction of sp³-hybridized carbons (Fsp3) is 0.654. The van der Waals surface area contributed by atoms with E-state index in [0.717, 1.165) is 37.7 Å². The lowest BCUT2D eigenvalue weighted by atomic mass is 10.0. The first-order chi connectivity index (χ1) is 16.0. The first kappa shape index (κ1) is 29.8. The minimum Gasteiger partial charge on any atom is -0.444 e. The fourth-order valence-electron chi connectivity index (χ4n) is 3.56. The van der Waals surface area contributed by atoms with Crippen molar-refractivity contribution in [3.63, 3.8) is 0 Å². The number of rotatable bonds is 13. The van der Waals surface area contributed by atoms with Crippen molar-refractivity contribution in [2.75, 3.05) is 12.3 Å². The van der Waals surface area contributed by atoms with Gasteiger partial charge in [0, 0.05) is 18.3 Å². The minimum absolute atomic E-state index is 0.0811. The second-order valence-corrected chi connectivity index (χ2v) is 10.2. The van der Waals surface area contributed by atoms with Gasteiger partial charge in [0.05, 0.1) is 0 Å². The number of thiol groups is 1. The topological polar surface area (TPSA) is 87.7 Å². The van der Waals surface area contributed by atoms with Gasteiger partial charge in [-0.1, -0.05) is 62.9 Å². The fourth-order valence-corrected chi connectivity index (χ4v) is 3.81. The maximum atomic E-state index is 13.7. The summed E-state index contributed by atoms with van der Waals surface area (Å²) in [5.41, 5.74) is 0.0227. The molecule has 7 nitrogen and oxygen atoms in total. The molecule has 0 fully saturated rings. The van der Waals surface area contributed by atoms with Gasteiger partial charge in [0.15, 0.2) is 0 Å². The lowest BCUT2D eigenvalue weighted by Crippen LogP contribution is -2.54. The van der Waals surface area contributed by atoms with E-state index in [0.29, 0.717) is 6.54 Å². The van der Waals surface area contributed by atoms with Crippen LogP contribution in [0.3, 0.4) is 0 Å². The Kier molecular flexibility index (Phi) is 13.1. The van der Waals surface area contributed by atoms with Crippen LogP contribution in [0.15, 0.2) is 30.3 Å². The van der Waals surface area contributed by atoms with E-state index in [1.54, 1.807) is 25.7 Å². The van der Waals surface area contributed by atoms with E-state index >= 15 is 0 Å². The van der Waals surface area contributed by atoms with Crippen LogP contribution in [0.5, 0.6) is 0 Å². The number of hydrogen-bond acceptors (Lipinski definition) is 5. The smallest absolute Gasteiger partial charge is 0.408 e. The molecule has 0 aliphatic rings. The molecule has 8 heteroatoms. The molecule has 1 rings (SSSR count). The third-order valence-electron chi connectivity index (χ3n) is 5.06. The van der Waals surface area contributed by atoms with Gasteiger partial charge in [-0.25, -0.2) is 4.79 Å². The Balaban J connectivity index is 3.26. The Morgan fingerprint density at radius 2 is 1.62 bits per heavy atom. The quantitative estimate of drug-likeness (QED) is 0.270. The van der Waals surface area contributed by atoms with Crippen molar-refractivity contribution in [2.24, 2.45) is 0 Å². The van der Waals surface area contributed by atoms with Gasteiger partial charge in [-0.3, -0.25) is 9.59 Å². The van der Waals surface area contributed by atoms with Crippen LogP contribution in [0, 0.1) is 0 Å². The normalized spacial score (nSPS) is 13.2. The predicted molar refractivity (Wildman–Crippen MR) is 140 cm³/mol. The Morgan fingerprint density at radius 3 is 2.15 bits per heavy atom. The Bertz CT molecular complexity index is 765. The number of unbranched alkanes of at least 4 members (excludes halogenated alkanes) is 4. The van der Waals surface area contributed by atoms with Crippen molar-refractivity contribution < 1.29 is 19.1 Å². The molecule has 0 heterocycles. The highest BCUT2D eigenvalue weighted by Crippen LogP contribution is 2.24. The third kappa shape index (κ3) is 10.8. The van der Waals surface area contributed by atoms with Crippen molar-refractivity contribution >= 4 is 30.5 Å². The van der Waals surface area contributed by atoms with Gasteiger partial charge in [-0.2, -0.15) is 12.6 Å². The van der Waals surface area contributed by atoms with Crippen LogP contribution in [-0.4, -0.2) is 52.8 Å². The van der Waals surface area contributed by atoms with E-state index in [9.17, 15) is 14.4 Å². The summed E-state index contributed by atoms with van der Waals surface area (Å²) in [6.45, 7) is 11.6. The van der Waals surface area contributed by atoms with Gasteiger partial charge in [0.1, 0.15) is 17.7 Å². The highest BCUT2D eigenvalue weighted by molar-refractivity contribution is 7.80. The molecule has 0 aliphatic heterocycles. The molecule has 2 atom stereocenters. The van der Waals surface area contributed by atoms with Gasteiger partial charge in [0.25, 0.3) is 0 Å². The molecule has 2 N–H and O–H groups in total. The summed E-state index contributed by atoms with van der Waals surface area (Å²) in [6.07, 6.45) is 4.34. The number of nitrogens with zero attached hydrogens (tertiary/aromatic N) is 1. The van der Waals surface area contributed by atoms with Crippen LogP contribution in [0.2, 0.25) is 0 Å². The molecule has 0 saturated carbocycles. The molecule has 1 aromatic carbocycles. The molecule has 0 bridgehead atoms.